The summed E-state index contributed by atoms with van der Waals surface area (Å²) in [6, 6.07) is 9.07. The Morgan fingerprint density at radius 2 is 1.91 bits per heavy atom. The van der Waals surface area contributed by atoms with Gasteiger partial charge in [-0.15, -0.1) is 11.3 Å². The van der Waals surface area contributed by atoms with E-state index in [0.29, 0.717) is 13.0 Å². The first-order chi connectivity index (χ1) is 11.0. The molecule has 5 nitrogen and oxygen atoms in total. The molecule has 124 valence electrons. The van der Waals surface area contributed by atoms with Crippen LogP contribution < -0.4 is 10.0 Å². The molecule has 0 unspecified atom stereocenters. The van der Waals surface area contributed by atoms with Crippen LogP contribution in [-0.4, -0.2) is 20.9 Å². The van der Waals surface area contributed by atoms with Crippen molar-refractivity contribution < 1.29 is 17.6 Å². The first kappa shape index (κ1) is 17.6. The topological polar surface area (TPSA) is 75.3 Å². The summed E-state index contributed by atoms with van der Waals surface area (Å²) in [4.78, 5) is 11.7. The Hall–Kier alpha value is -1.77. The molecule has 0 saturated carbocycles. The molecule has 0 spiro atoms. The Balaban J connectivity index is 1.66. The summed E-state index contributed by atoms with van der Waals surface area (Å²) in [6.45, 7) is 0.518. The van der Waals surface area contributed by atoms with E-state index in [-0.39, 0.29) is 28.9 Å². The molecule has 0 radical (unpaired) electrons. The van der Waals surface area contributed by atoms with E-state index >= 15 is 0 Å². The Bertz CT molecular complexity index is 729. The fourth-order valence-corrected chi connectivity index (χ4v) is 3.95. The van der Waals surface area contributed by atoms with E-state index in [1.54, 1.807) is 23.6 Å². The maximum atomic E-state index is 12.7. The minimum Gasteiger partial charge on any atom is -0.352 e. The van der Waals surface area contributed by atoms with Gasteiger partial charge in [0.1, 0.15) is 10.0 Å². The molecule has 1 aromatic heterocycles. The molecule has 2 aromatic rings. The van der Waals surface area contributed by atoms with E-state index < -0.39 is 10.0 Å². The van der Waals surface area contributed by atoms with Gasteiger partial charge in [0.2, 0.25) is 15.9 Å². The van der Waals surface area contributed by atoms with Gasteiger partial charge in [-0.1, -0.05) is 18.2 Å². The first-order valence-electron chi connectivity index (χ1n) is 7.02. The Labute approximate surface area is 138 Å². The van der Waals surface area contributed by atoms with Crippen molar-refractivity contribution in [2.75, 3.05) is 6.54 Å². The van der Waals surface area contributed by atoms with Gasteiger partial charge in [0, 0.05) is 19.5 Å². The minimum atomic E-state index is -3.47. The molecule has 0 aliphatic rings. The molecule has 0 aliphatic carbocycles. The highest BCUT2D eigenvalue weighted by atomic mass is 32.2. The molecule has 0 atom stereocenters. The largest absolute Gasteiger partial charge is 0.352 e. The molecule has 2 rings (SSSR count). The summed E-state index contributed by atoms with van der Waals surface area (Å²) in [5.74, 6) is -0.497. The van der Waals surface area contributed by atoms with Gasteiger partial charge in [0.05, 0.1) is 0 Å². The Kier molecular flexibility index (Phi) is 6.26. The fraction of sp³-hybridized carbons (Fsp3) is 0.267. The van der Waals surface area contributed by atoms with Crippen LogP contribution in [0.5, 0.6) is 0 Å². The zero-order valence-electron chi connectivity index (χ0n) is 12.3. The molecule has 8 heteroatoms. The molecule has 0 aliphatic heterocycles. The van der Waals surface area contributed by atoms with Crippen LogP contribution in [0.3, 0.4) is 0 Å². The lowest BCUT2D eigenvalue weighted by molar-refractivity contribution is -0.121. The number of carbonyl (C=O) groups is 1. The number of hydrogen-bond donors (Lipinski definition) is 2. The molecular formula is C15H17FN2O3S2. The average Bonchev–Trinajstić information content (AvgIpc) is 3.06. The second-order valence-electron chi connectivity index (χ2n) is 4.84. The first-order valence-corrected chi connectivity index (χ1v) is 9.38. The standard InChI is InChI=1S/C15H17FN2O3S2/c16-13-7-5-12(6-8-13)11-17-14(19)3-1-9-18-23(20,21)15-4-2-10-22-15/h2,4-8,10,18H,1,3,9,11H2,(H,17,19). The fourth-order valence-electron chi connectivity index (χ4n) is 1.83. The number of nitrogens with one attached hydrogen (secondary N) is 2. The predicted octanol–water partition coefficient (Wildman–Crippen LogP) is 2.26. The van der Waals surface area contributed by atoms with E-state index in [1.807, 2.05) is 0 Å². The third kappa shape index (κ3) is 5.74. The second-order valence-corrected chi connectivity index (χ2v) is 7.78. The van der Waals surface area contributed by atoms with Crippen molar-refractivity contribution in [3.63, 3.8) is 0 Å². The van der Waals surface area contributed by atoms with Gasteiger partial charge in [-0.05, 0) is 35.6 Å². The highest BCUT2D eigenvalue weighted by molar-refractivity contribution is 7.91. The van der Waals surface area contributed by atoms with Crippen LogP contribution in [0.15, 0.2) is 46.0 Å². The molecule has 0 fully saturated rings. The normalized spacial score (nSPS) is 11.3. The van der Waals surface area contributed by atoms with Gasteiger partial charge in [-0.3, -0.25) is 4.79 Å². The summed E-state index contributed by atoms with van der Waals surface area (Å²) in [5, 5.41) is 4.40. The summed E-state index contributed by atoms with van der Waals surface area (Å²) in [5.41, 5.74) is 0.804. The smallest absolute Gasteiger partial charge is 0.250 e. The van der Waals surface area contributed by atoms with Crippen molar-refractivity contribution in [3.05, 3.63) is 53.2 Å². The van der Waals surface area contributed by atoms with E-state index in [2.05, 4.69) is 10.0 Å². The second kappa shape index (κ2) is 8.19. The zero-order valence-corrected chi connectivity index (χ0v) is 13.9. The summed E-state index contributed by atoms with van der Waals surface area (Å²) >= 11 is 1.14. The molecule has 1 aromatic carbocycles. The zero-order chi connectivity index (χ0) is 16.7. The highest BCUT2D eigenvalue weighted by Crippen LogP contribution is 2.15. The molecular weight excluding hydrogens is 339 g/mol. The van der Waals surface area contributed by atoms with Gasteiger partial charge >= 0.3 is 0 Å². The summed E-state index contributed by atoms with van der Waals surface area (Å²) in [7, 11) is -3.47. The number of rotatable bonds is 8. The number of sulfonamides is 1. The molecule has 2 N–H and O–H groups in total. The van der Waals surface area contributed by atoms with Crippen LogP contribution in [0.1, 0.15) is 18.4 Å². The van der Waals surface area contributed by atoms with Crippen LogP contribution in [0.25, 0.3) is 0 Å². The molecule has 1 amide bonds. The monoisotopic (exact) mass is 356 g/mol. The van der Waals surface area contributed by atoms with Gasteiger partial charge in [-0.2, -0.15) is 0 Å². The van der Waals surface area contributed by atoms with E-state index in [0.717, 1.165) is 16.9 Å². The lowest BCUT2D eigenvalue weighted by Gasteiger charge is -2.06. The highest BCUT2D eigenvalue weighted by Gasteiger charge is 2.14. The van der Waals surface area contributed by atoms with Crippen molar-refractivity contribution in [3.8, 4) is 0 Å². The van der Waals surface area contributed by atoms with E-state index in [1.165, 1.54) is 18.2 Å². The molecule has 0 bridgehead atoms. The van der Waals surface area contributed by atoms with Gasteiger partial charge in [0.25, 0.3) is 0 Å². The molecule has 23 heavy (non-hydrogen) atoms. The number of amides is 1. The van der Waals surface area contributed by atoms with Crippen LogP contribution >= 0.6 is 11.3 Å². The van der Waals surface area contributed by atoms with E-state index in [4.69, 9.17) is 0 Å². The number of halogens is 1. The average molecular weight is 356 g/mol. The number of carbonyl (C=O) groups excluding carboxylic acids is 1. The summed E-state index contributed by atoms with van der Waals surface area (Å²) in [6.07, 6.45) is 0.619. The van der Waals surface area contributed by atoms with Gasteiger partial charge < -0.3 is 5.32 Å². The van der Waals surface area contributed by atoms with Crippen LogP contribution in [0.2, 0.25) is 0 Å². The lowest BCUT2D eigenvalue weighted by atomic mass is 10.2. The van der Waals surface area contributed by atoms with E-state index in [9.17, 15) is 17.6 Å². The maximum Gasteiger partial charge on any atom is 0.250 e. The van der Waals surface area contributed by atoms with Crippen LogP contribution in [-0.2, 0) is 21.4 Å². The lowest BCUT2D eigenvalue weighted by Crippen LogP contribution is -2.27. The van der Waals surface area contributed by atoms with Crippen molar-refractivity contribution in [2.24, 2.45) is 0 Å². The number of benzene rings is 1. The SMILES string of the molecule is O=C(CCCNS(=O)(=O)c1cccs1)NCc1ccc(F)cc1. The minimum absolute atomic E-state index is 0.176. The van der Waals surface area contributed by atoms with Gasteiger partial charge in [0.15, 0.2) is 0 Å². The van der Waals surface area contributed by atoms with Crippen molar-refractivity contribution in [1.82, 2.24) is 10.0 Å². The third-order valence-corrected chi connectivity index (χ3v) is 5.89. The van der Waals surface area contributed by atoms with Crippen molar-refractivity contribution in [2.45, 2.75) is 23.6 Å². The molecule has 1 heterocycles. The quantitative estimate of drug-likeness (QED) is 0.713. The van der Waals surface area contributed by atoms with Crippen LogP contribution in [0.4, 0.5) is 4.39 Å². The predicted molar refractivity (Wildman–Crippen MR) is 87.0 cm³/mol. The molecule has 0 saturated heterocycles. The summed E-state index contributed by atoms with van der Waals surface area (Å²) < 4.78 is 39.2. The van der Waals surface area contributed by atoms with Crippen molar-refractivity contribution >= 4 is 27.3 Å². The van der Waals surface area contributed by atoms with Crippen LogP contribution in [0, 0.1) is 5.82 Å². The number of hydrogen-bond acceptors (Lipinski definition) is 4. The third-order valence-electron chi connectivity index (χ3n) is 3.04. The maximum absolute atomic E-state index is 12.7. The Morgan fingerprint density at radius 1 is 1.17 bits per heavy atom. The van der Waals surface area contributed by atoms with Crippen molar-refractivity contribution in [1.29, 1.82) is 0 Å². The Morgan fingerprint density at radius 3 is 2.57 bits per heavy atom. The van der Waals surface area contributed by atoms with Gasteiger partial charge in [-0.25, -0.2) is 17.5 Å². The number of thiophene rings is 1.